The Morgan fingerprint density at radius 2 is 1.89 bits per heavy atom. The van der Waals surface area contributed by atoms with Crippen LogP contribution < -0.4 is 5.32 Å². The minimum absolute atomic E-state index is 0.0409. The zero-order valence-corrected chi connectivity index (χ0v) is 12.5. The van der Waals surface area contributed by atoms with Gasteiger partial charge in [0.2, 0.25) is 15.9 Å². The van der Waals surface area contributed by atoms with E-state index in [0.29, 0.717) is 0 Å². The maximum Gasteiger partial charge on any atom is 0.223 e. The average Bonchev–Trinajstić information content (AvgIpc) is 2.26. The van der Waals surface area contributed by atoms with Gasteiger partial charge in [0.1, 0.15) is 0 Å². The molecule has 0 heterocycles. The largest absolute Gasteiger partial charge is 0.390 e. The fourth-order valence-corrected chi connectivity index (χ4v) is 1.63. The number of likely N-dealkylation sites (N-methyl/N-ethyl adjacent to an activating group) is 1. The van der Waals surface area contributed by atoms with Crippen LogP contribution in [0.15, 0.2) is 0 Å². The van der Waals surface area contributed by atoms with Crippen molar-refractivity contribution in [1.82, 2.24) is 9.62 Å². The summed E-state index contributed by atoms with van der Waals surface area (Å²) in [5, 5.41) is 12.5. The van der Waals surface area contributed by atoms with Crippen molar-refractivity contribution >= 4 is 15.9 Å². The number of carbonyl (C=O) groups is 1. The highest BCUT2D eigenvalue weighted by Gasteiger charge is 2.23. The Bertz CT molecular complexity index is 369. The maximum atomic E-state index is 11.6. The van der Waals surface area contributed by atoms with Crippen LogP contribution in [-0.4, -0.2) is 55.7 Å². The molecule has 0 aromatic rings. The first-order valence-corrected chi connectivity index (χ1v) is 7.84. The molecule has 18 heavy (non-hydrogen) atoms. The van der Waals surface area contributed by atoms with Crippen LogP contribution >= 0.6 is 0 Å². The van der Waals surface area contributed by atoms with Crippen molar-refractivity contribution in [1.29, 1.82) is 0 Å². The molecule has 7 heteroatoms. The summed E-state index contributed by atoms with van der Waals surface area (Å²) in [6.45, 7) is 5.32. The highest BCUT2D eigenvalue weighted by atomic mass is 32.2. The van der Waals surface area contributed by atoms with Gasteiger partial charge >= 0.3 is 0 Å². The average molecular weight is 280 g/mol. The molecular formula is C11H24N2O4S. The van der Waals surface area contributed by atoms with E-state index in [-0.39, 0.29) is 18.4 Å². The monoisotopic (exact) mass is 280 g/mol. The highest BCUT2D eigenvalue weighted by molar-refractivity contribution is 7.88. The van der Waals surface area contributed by atoms with Crippen LogP contribution in [0.3, 0.4) is 0 Å². The Labute approximate surface area is 109 Å². The summed E-state index contributed by atoms with van der Waals surface area (Å²) in [6, 6.07) is -0.490. The second kappa shape index (κ2) is 7.06. The Morgan fingerprint density at radius 1 is 1.39 bits per heavy atom. The van der Waals surface area contributed by atoms with Gasteiger partial charge in [-0.3, -0.25) is 4.79 Å². The minimum Gasteiger partial charge on any atom is -0.390 e. The van der Waals surface area contributed by atoms with Gasteiger partial charge in [-0.05, 0) is 13.3 Å². The lowest BCUT2D eigenvalue weighted by Crippen LogP contribution is -2.48. The molecule has 3 atom stereocenters. The van der Waals surface area contributed by atoms with Gasteiger partial charge in [0, 0.05) is 19.5 Å². The number of hydrogen-bond donors (Lipinski definition) is 2. The second-order valence-electron chi connectivity index (χ2n) is 4.72. The van der Waals surface area contributed by atoms with Gasteiger partial charge in [-0.15, -0.1) is 0 Å². The van der Waals surface area contributed by atoms with Crippen molar-refractivity contribution in [2.45, 2.75) is 39.3 Å². The summed E-state index contributed by atoms with van der Waals surface area (Å²) < 4.78 is 23.4. The molecule has 0 radical (unpaired) electrons. The van der Waals surface area contributed by atoms with Crippen LogP contribution in [0.2, 0.25) is 0 Å². The molecule has 0 aliphatic rings. The van der Waals surface area contributed by atoms with Gasteiger partial charge in [0.15, 0.2) is 0 Å². The number of rotatable bonds is 7. The zero-order valence-electron chi connectivity index (χ0n) is 11.7. The molecule has 1 amide bonds. The lowest BCUT2D eigenvalue weighted by Gasteiger charge is -2.25. The number of aliphatic hydroxyl groups excluding tert-OH is 1. The summed E-state index contributed by atoms with van der Waals surface area (Å²) in [6.07, 6.45) is 0.859. The molecular weight excluding hydrogens is 256 g/mol. The van der Waals surface area contributed by atoms with Crippen LogP contribution in [-0.2, 0) is 14.8 Å². The van der Waals surface area contributed by atoms with E-state index in [9.17, 15) is 18.3 Å². The molecule has 0 aromatic heterocycles. The van der Waals surface area contributed by atoms with Crippen LogP contribution in [0.1, 0.15) is 27.2 Å². The van der Waals surface area contributed by atoms with Crippen molar-refractivity contribution in [3.05, 3.63) is 0 Å². The first-order chi connectivity index (χ1) is 8.09. The van der Waals surface area contributed by atoms with Crippen molar-refractivity contribution in [3.63, 3.8) is 0 Å². The number of aliphatic hydroxyl groups is 1. The summed E-state index contributed by atoms with van der Waals surface area (Å²) in [5.41, 5.74) is 0. The van der Waals surface area contributed by atoms with Gasteiger partial charge in [0.25, 0.3) is 0 Å². The number of amides is 1. The Morgan fingerprint density at radius 3 is 2.28 bits per heavy atom. The minimum atomic E-state index is -3.32. The molecule has 0 fully saturated rings. The number of nitrogens with zero attached hydrogens (tertiary/aromatic N) is 1. The molecule has 0 bridgehead atoms. The lowest BCUT2D eigenvalue weighted by atomic mass is 10.1. The van der Waals surface area contributed by atoms with Crippen LogP contribution in [0, 0.1) is 5.92 Å². The molecule has 0 spiro atoms. The third-order valence-electron chi connectivity index (χ3n) is 3.02. The molecule has 6 nitrogen and oxygen atoms in total. The summed E-state index contributed by atoms with van der Waals surface area (Å²) in [4.78, 5) is 11.6. The van der Waals surface area contributed by atoms with E-state index in [4.69, 9.17) is 0 Å². The van der Waals surface area contributed by atoms with Gasteiger partial charge < -0.3 is 10.4 Å². The van der Waals surface area contributed by atoms with E-state index in [0.717, 1.165) is 17.0 Å². The fraction of sp³-hybridized carbons (Fsp3) is 0.909. The molecule has 2 N–H and O–H groups in total. The Balaban J connectivity index is 4.36. The molecule has 0 aromatic carbocycles. The standard InChI is InChI=1S/C11H24N2O4S/c1-6-8(2)11(15)12-9(3)10(14)7-13(4)18(5,16)17/h8-10,14H,6-7H2,1-5H3,(H,12,15)/t8?,9-,10?/m0/s1. The molecule has 0 rings (SSSR count). The third-order valence-corrected chi connectivity index (χ3v) is 4.30. The van der Waals surface area contributed by atoms with E-state index in [1.54, 1.807) is 13.8 Å². The number of carbonyl (C=O) groups excluding carboxylic acids is 1. The van der Waals surface area contributed by atoms with E-state index < -0.39 is 22.2 Å². The first kappa shape index (κ1) is 17.3. The van der Waals surface area contributed by atoms with E-state index >= 15 is 0 Å². The Hall–Kier alpha value is -0.660. The van der Waals surface area contributed by atoms with Gasteiger partial charge in [-0.25, -0.2) is 12.7 Å². The first-order valence-electron chi connectivity index (χ1n) is 5.99. The Kier molecular flexibility index (Phi) is 6.80. The predicted octanol–water partition coefficient (Wildman–Crippen LogP) is -0.210. The van der Waals surface area contributed by atoms with Crippen LogP contribution in [0.4, 0.5) is 0 Å². The van der Waals surface area contributed by atoms with Crippen molar-refractivity contribution in [2.24, 2.45) is 5.92 Å². The normalized spacial score (nSPS) is 17.3. The maximum absolute atomic E-state index is 11.6. The molecule has 0 aliphatic heterocycles. The number of hydrogen-bond acceptors (Lipinski definition) is 4. The van der Waals surface area contributed by atoms with E-state index in [2.05, 4.69) is 5.32 Å². The van der Waals surface area contributed by atoms with Crippen LogP contribution in [0.25, 0.3) is 0 Å². The zero-order chi connectivity index (χ0) is 14.5. The lowest BCUT2D eigenvalue weighted by molar-refractivity contribution is -0.126. The smallest absolute Gasteiger partial charge is 0.223 e. The fourth-order valence-electron chi connectivity index (χ4n) is 1.21. The molecule has 2 unspecified atom stereocenters. The summed E-state index contributed by atoms with van der Waals surface area (Å²) >= 11 is 0. The quantitative estimate of drug-likeness (QED) is 0.675. The van der Waals surface area contributed by atoms with Gasteiger partial charge in [-0.1, -0.05) is 13.8 Å². The number of sulfonamides is 1. The van der Waals surface area contributed by atoms with Gasteiger partial charge in [-0.2, -0.15) is 0 Å². The molecule has 0 saturated carbocycles. The van der Waals surface area contributed by atoms with E-state index in [1.165, 1.54) is 7.05 Å². The highest BCUT2D eigenvalue weighted by Crippen LogP contribution is 2.04. The van der Waals surface area contributed by atoms with Gasteiger partial charge in [0.05, 0.1) is 18.4 Å². The second-order valence-corrected chi connectivity index (χ2v) is 6.81. The third kappa shape index (κ3) is 5.79. The molecule has 108 valence electrons. The predicted molar refractivity (Wildman–Crippen MR) is 70.5 cm³/mol. The van der Waals surface area contributed by atoms with Crippen molar-refractivity contribution < 1.29 is 18.3 Å². The summed E-state index contributed by atoms with van der Waals surface area (Å²) in [5.74, 6) is -0.252. The molecule has 0 saturated heterocycles. The van der Waals surface area contributed by atoms with Crippen molar-refractivity contribution in [3.8, 4) is 0 Å². The number of nitrogens with one attached hydrogen (secondary N) is 1. The van der Waals surface area contributed by atoms with Crippen LogP contribution in [0.5, 0.6) is 0 Å². The summed E-state index contributed by atoms with van der Waals surface area (Å²) in [7, 11) is -1.93. The SMILES string of the molecule is CCC(C)C(=O)N[C@@H](C)C(O)CN(C)S(C)(=O)=O. The van der Waals surface area contributed by atoms with Crippen molar-refractivity contribution in [2.75, 3.05) is 19.8 Å². The topological polar surface area (TPSA) is 86.7 Å². The molecule has 0 aliphatic carbocycles. The van der Waals surface area contributed by atoms with E-state index in [1.807, 2.05) is 6.92 Å².